The lowest BCUT2D eigenvalue weighted by Crippen LogP contribution is -2.37. The molecule has 0 aliphatic carbocycles. The Kier molecular flexibility index (Phi) is 5.39. The molecular formula is C20H23N3O4. The first-order valence-electron chi connectivity index (χ1n) is 9.25. The van der Waals surface area contributed by atoms with Crippen molar-refractivity contribution in [2.24, 2.45) is 0 Å². The maximum Gasteiger partial charge on any atom is 0.252 e. The largest absolute Gasteiger partial charge is 0.486 e. The lowest BCUT2D eigenvalue weighted by molar-refractivity contribution is 0.0812. The van der Waals surface area contributed by atoms with Crippen LogP contribution in [0.2, 0.25) is 0 Å². The van der Waals surface area contributed by atoms with Gasteiger partial charge >= 0.3 is 0 Å². The summed E-state index contributed by atoms with van der Waals surface area (Å²) >= 11 is 0. The Morgan fingerprint density at radius 3 is 2.74 bits per heavy atom. The molecule has 7 nitrogen and oxygen atoms in total. The molecule has 2 aromatic rings. The number of rotatable bonds is 5. The second-order valence-electron chi connectivity index (χ2n) is 6.55. The van der Waals surface area contributed by atoms with Crippen molar-refractivity contribution in [1.29, 1.82) is 0 Å². The fourth-order valence-electron chi connectivity index (χ4n) is 3.15. The molecule has 1 aromatic heterocycles. The van der Waals surface area contributed by atoms with Gasteiger partial charge in [0.2, 0.25) is 0 Å². The molecule has 0 spiro atoms. The first-order valence-corrected chi connectivity index (χ1v) is 9.25. The quantitative estimate of drug-likeness (QED) is 0.868. The van der Waals surface area contributed by atoms with Crippen molar-refractivity contribution in [3.8, 4) is 11.5 Å². The van der Waals surface area contributed by atoms with Crippen LogP contribution < -0.4 is 19.7 Å². The highest BCUT2D eigenvalue weighted by molar-refractivity contribution is 5.94. The van der Waals surface area contributed by atoms with E-state index in [9.17, 15) is 4.79 Å². The van der Waals surface area contributed by atoms with Gasteiger partial charge in [-0.3, -0.25) is 4.79 Å². The van der Waals surface area contributed by atoms with E-state index in [-0.39, 0.29) is 12.0 Å². The van der Waals surface area contributed by atoms with Crippen molar-refractivity contribution in [1.82, 2.24) is 10.3 Å². The van der Waals surface area contributed by atoms with Crippen LogP contribution in [-0.4, -0.2) is 56.5 Å². The van der Waals surface area contributed by atoms with E-state index in [1.165, 1.54) is 0 Å². The predicted octanol–water partition coefficient (Wildman–Crippen LogP) is 1.88. The molecule has 1 atom stereocenters. The molecule has 0 saturated carbocycles. The number of nitrogens with zero attached hydrogens (tertiary/aromatic N) is 2. The van der Waals surface area contributed by atoms with Gasteiger partial charge in [0, 0.05) is 32.3 Å². The number of benzene rings is 1. The third kappa shape index (κ3) is 4.31. The minimum atomic E-state index is -0.131. The average molecular weight is 369 g/mol. The Labute approximate surface area is 158 Å². The van der Waals surface area contributed by atoms with Crippen molar-refractivity contribution in [2.75, 3.05) is 44.4 Å². The molecule has 27 heavy (non-hydrogen) atoms. The number of carbonyl (C=O) groups excluding carboxylic acids is 1. The molecule has 0 unspecified atom stereocenters. The summed E-state index contributed by atoms with van der Waals surface area (Å²) in [6.45, 7) is 4.07. The number of nitrogens with one attached hydrogen (secondary N) is 1. The molecule has 142 valence electrons. The number of aromatic nitrogens is 1. The maximum atomic E-state index is 12.3. The van der Waals surface area contributed by atoms with Crippen LogP contribution in [0.15, 0.2) is 42.6 Å². The van der Waals surface area contributed by atoms with E-state index in [4.69, 9.17) is 14.2 Å². The van der Waals surface area contributed by atoms with E-state index < -0.39 is 0 Å². The second kappa shape index (κ2) is 8.26. The van der Waals surface area contributed by atoms with Crippen molar-refractivity contribution < 1.29 is 19.0 Å². The van der Waals surface area contributed by atoms with Gasteiger partial charge in [-0.05, 0) is 24.3 Å². The molecule has 4 rings (SSSR count). The summed E-state index contributed by atoms with van der Waals surface area (Å²) < 4.78 is 16.9. The Morgan fingerprint density at radius 2 is 1.96 bits per heavy atom. The third-order valence-electron chi connectivity index (χ3n) is 4.66. The maximum absolute atomic E-state index is 12.3. The number of ether oxygens (including phenoxy) is 3. The number of morpholine rings is 1. The smallest absolute Gasteiger partial charge is 0.252 e. The molecule has 2 aliphatic rings. The number of hydrogen-bond donors (Lipinski definition) is 1. The molecule has 1 saturated heterocycles. The Balaban J connectivity index is 1.25. The van der Waals surface area contributed by atoms with Gasteiger partial charge in [-0.2, -0.15) is 0 Å². The SMILES string of the molecule is O=C(NCC[C@H]1COc2ccccc2O1)c1ccc(N2CCOCC2)nc1. The predicted molar refractivity (Wildman–Crippen MR) is 101 cm³/mol. The zero-order chi connectivity index (χ0) is 18.5. The van der Waals surface area contributed by atoms with Crippen LogP contribution >= 0.6 is 0 Å². The zero-order valence-corrected chi connectivity index (χ0v) is 15.1. The van der Waals surface area contributed by atoms with Crippen molar-refractivity contribution in [3.63, 3.8) is 0 Å². The molecule has 3 heterocycles. The molecule has 1 fully saturated rings. The Hall–Kier alpha value is -2.80. The van der Waals surface area contributed by atoms with Gasteiger partial charge in [-0.15, -0.1) is 0 Å². The number of anilines is 1. The highest BCUT2D eigenvalue weighted by Gasteiger charge is 2.20. The standard InChI is InChI=1S/C20H23N3O4/c24-20(15-5-6-19(22-13-15)23-9-11-25-12-10-23)21-8-7-16-14-26-17-3-1-2-4-18(17)27-16/h1-6,13,16H,7-12,14H2,(H,21,24)/t16-/m0/s1. The van der Waals surface area contributed by atoms with Gasteiger partial charge in [-0.25, -0.2) is 4.98 Å². The summed E-state index contributed by atoms with van der Waals surface area (Å²) in [5.74, 6) is 2.27. The summed E-state index contributed by atoms with van der Waals surface area (Å²) in [6, 6.07) is 11.3. The van der Waals surface area contributed by atoms with Gasteiger partial charge < -0.3 is 24.4 Å². The number of fused-ring (bicyclic) bond motifs is 1. The van der Waals surface area contributed by atoms with Crippen molar-refractivity contribution >= 4 is 11.7 Å². The normalized spacial score (nSPS) is 18.8. The summed E-state index contributed by atoms with van der Waals surface area (Å²) in [5.41, 5.74) is 0.554. The fourth-order valence-corrected chi connectivity index (χ4v) is 3.15. The molecule has 1 N–H and O–H groups in total. The number of carbonyl (C=O) groups is 1. The second-order valence-corrected chi connectivity index (χ2v) is 6.55. The summed E-state index contributed by atoms with van der Waals surface area (Å²) in [6.07, 6.45) is 2.23. The van der Waals surface area contributed by atoms with Gasteiger partial charge in [0.25, 0.3) is 5.91 Å². The molecule has 7 heteroatoms. The third-order valence-corrected chi connectivity index (χ3v) is 4.66. The highest BCUT2D eigenvalue weighted by atomic mass is 16.6. The average Bonchev–Trinajstić information content (AvgIpc) is 2.74. The van der Waals surface area contributed by atoms with Crippen LogP contribution in [0.4, 0.5) is 5.82 Å². The first-order chi connectivity index (χ1) is 13.3. The summed E-state index contributed by atoms with van der Waals surface area (Å²) in [4.78, 5) is 18.9. The topological polar surface area (TPSA) is 72.9 Å². The van der Waals surface area contributed by atoms with Crippen LogP contribution in [0.1, 0.15) is 16.8 Å². The van der Waals surface area contributed by atoms with E-state index in [0.29, 0.717) is 38.3 Å². The molecule has 1 amide bonds. The number of amides is 1. The van der Waals surface area contributed by atoms with Crippen molar-refractivity contribution in [2.45, 2.75) is 12.5 Å². The minimum Gasteiger partial charge on any atom is -0.486 e. The van der Waals surface area contributed by atoms with E-state index in [0.717, 1.165) is 30.4 Å². The Bertz CT molecular complexity index is 775. The van der Waals surface area contributed by atoms with Crippen LogP contribution in [0, 0.1) is 0 Å². The summed E-state index contributed by atoms with van der Waals surface area (Å²) in [7, 11) is 0. The van der Waals surface area contributed by atoms with Gasteiger partial charge in [-0.1, -0.05) is 12.1 Å². The van der Waals surface area contributed by atoms with E-state index >= 15 is 0 Å². The Morgan fingerprint density at radius 1 is 1.15 bits per heavy atom. The van der Waals surface area contributed by atoms with E-state index in [2.05, 4.69) is 15.2 Å². The highest BCUT2D eigenvalue weighted by Crippen LogP contribution is 2.31. The van der Waals surface area contributed by atoms with Crippen LogP contribution in [0.3, 0.4) is 0 Å². The zero-order valence-electron chi connectivity index (χ0n) is 15.1. The molecule has 0 radical (unpaired) electrons. The van der Waals surface area contributed by atoms with Crippen molar-refractivity contribution in [3.05, 3.63) is 48.2 Å². The fraction of sp³-hybridized carbons (Fsp3) is 0.400. The first kappa shape index (κ1) is 17.6. The summed E-state index contributed by atoms with van der Waals surface area (Å²) in [5, 5.41) is 2.92. The number of pyridine rings is 1. The van der Waals surface area contributed by atoms with Crippen LogP contribution in [0.25, 0.3) is 0 Å². The minimum absolute atomic E-state index is 0.0676. The van der Waals surface area contributed by atoms with E-state index in [1.54, 1.807) is 6.20 Å². The molecule has 0 bridgehead atoms. The monoisotopic (exact) mass is 369 g/mol. The van der Waals surface area contributed by atoms with Gasteiger partial charge in [0.1, 0.15) is 18.5 Å². The lowest BCUT2D eigenvalue weighted by atomic mass is 10.2. The lowest BCUT2D eigenvalue weighted by Gasteiger charge is -2.27. The van der Waals surface area contributed by atoms with Gasteiger partial charge in [0.05, 0.1) is 18.8 Å². The molecule has 1 aromatic carbocycles. The van der Waals surface area contributed by atoms with Crippen LogP contribution in [-0.2, 0) is 4.74 Å². The number of hydrogen-bond acceptors (Lipinski definition) is 6. The van der Waals surface area contributed by atoms with E-state index in [1.807, 2.05) is 36.4 Å². The van der Waals surface area contributed by atoms with Crippen LogP contribution in [0.5, 0.6) is 11.5 Å². The van der Waals surface area contributed by atoms with Gasteiger partial charge in [0.15, 0.2) is 11.5 Å². The molecular weight excluding hydrogens is 346 g/mol. The number of para-hydroxylation sites is 2. The molecule has 2 aliphatic heterocycles.